The Hall–Kier alpha value is -1.95. The van der Waals surface area contributed by atoms with E-state index in [-0.39, 0.29) is 22.6 Å². The second-order valence-electron chi connectivity index (χ2n) is 4.69. The van der Waals surface area contributed by atoms with Gasteiger partial charge in [0.15, 0.2) is 0 Å². The minimum Gasteiger partial charge on any atom is -0.355 e. The quantitative estimate of drug-likeness (QED) is 0.633. The average Bonchev–Trinajstić information content (AvgIpc) is 2.39. The number of hydrogen-bond donors (Lipinski definition) is 2. The topological polar surface area (TPSA) is 84.3 Å². The average molecular weight is 263 g/mol. The molecule has 1 aliphatic rings. The highest BCUT2D eigenvalue weighted by Gasteiger charge is 2.21. The fourth-order valence-electron chi connectivity index (χ4n) is 2.26. The molecule has 19 heavy (non-hydrogen) atoms. The molecule has 1 aromatic rings. The molecule has 1 aromatic carbocycles. The Balaban J connectivity index is 2.05. The second-order valence-corrected chi connectivity index (χ2v) is 4.69. The number of piperidine rings is 1. The van der Waals surface area contributed by atoms with E-state index in [9.17, 15) is 14.9 Å². The minimum absolute atomic E-state index is 0.00864. The summed E-state index contributed by atoms with van der Waals surface area (Å²) in [7, 11) is 0. The van der Waals surface area contributed by atoms with Gasteiger partial charge in [0, 0.05) is 24.7 Å². The first-order chi connectivity index (χ1) is 9.09. The molecule has 1 atom stereocenters. The van der Waals surface area contributed by atoms with Crippen molar-refractivity contribution < 1.29 is 9.72 Å². The molecule has 1 saturated heterocycles. The zero-order chi connectivity index (χ0) is 13.8. The van der Waals surface area contributed by atoms with Crippen LogP contribution in [0.4, 0.5) is 5.69 Å². The molecule has 1 heterocycles. The largest absolute Gasteiger partial charge is 0.355 e. The van der Waals surface area contributed by atoms with Crippen molar-refractivity contribution in [2.24, 2.45) is 0 Å². The maximum Gasteiger partial charge on any atom is 0.272 e. The first-order valence-corrected chi connectivity index (χ1v) is 6.33. The molecule has 6 nitrogen and oxygen atoms in total. The minimum atomic E-state index is -0.383. The maximum absolute atomic E-state index is 11.6. The van der Waals surface area contributed by atoms with Crippen LogP contribution in [0.2, 0.25) is 0 Å². The Kier molecular flexibility index (Phi) is 4.11. The van der Waals surface area contributed by atoms with E-state index in [1.54, 1.807) is 13.0 Å². The summed E-state index contributed by atoms with van der Waals surface area (Å²) in [5.74, 6) is 0.00864. The summed E-state index contributed by atoms with van der Waals surface area (Å²) in [6, 6.07) is 4.80. The van der Waals surface area contributed by atoms with E-state index < -0.39 is 0 Å². The van der Waals surface area contributed by atoms with Crippen molar-refractivity contribution in [3.05, 3.63) is 39.4 Å². The van der Waals surface area contributed by atoms with Gasteiger partial charge in [-0.3, -0.25) is 14.9 Å². The maximum atomic E-state index is 11.6. The van der Waals surface area contributed by atoms with E-state index >= 15 is 0 Å². The lowest BCUT2D eigenvalue weighted by Crippen LogP contribution is -2.47. The Labute approximate surface area is 111 Å². The molecular weight excluding hydrogens is 246 g/mol. The van der Waals surface area contributed by atoms with Gasteiger partial charge in [0.1, 0.15) is 0 Å². The van der Waals surface area contributed by atoms with Gasteiger partial charge in [0.05, 0.1) is 11.0 Å². The third kappa shape index (κ3) is 3.08. The summed E-state index contributed by atoms with van der Waals surface area (Å²) in [4.78, 5) is 22.1. The monoisotopic (exact) mass is 263 g/mol. The smallest absolute Gasteiger partial charge is 0.272 e. The molecule has 0 saturated carbocycles. The van der Waals surface area contributed by atoms with Gasteiger partial charge >= 0.3 is 0 Å². The Morgan fingerprint density at radius 3 is 3.00 bits per heavy atom. The molecule has 0 bridgehead atoms. The zero-order valence-electron chi connectivity index (χ0n) is 10.8. The number of nitro groups is 1. The molecule has 1 aliphatic heterocycles. The van der Waals surface area contributed by atoms with Crippen LogP contribution in [0.5, 0.6) is 0 Å². The van der Waals surface area contributed by atoms with Crippen molar-refractivity contribution in [2.45, 2.75) is 32.4 Å². The van der Waals surface area contributed by atoms with Crippen molar-refractivity contribution in [2.75, 3.05) is 6.54 Å². The van der Waals surface area contributed by atoms with E-state index in [0.717, 1.165) is 24.9 Å². The van der Waals surface area contributed by atoms with Crippen LogP contribution in [-0.2, 0) is 11.3 Å². The van der Waals surface area contributed by atoms with Crippen molar-refractivity contribution in [1.82, 2.24) is 10.6 Å². The van der Waals surface area contributed by atoms with Gasteiger partial charge in [-0.2, -0.15) is 0 Å². The highest BCUT2D eigenvalue weighted by Crippen LogP contribution is 2.21. The molecule has 0 aromatic heterocycles. The third-order valence-electron chi connectivity index (χ3n) is 3.44. The lowest BCUT2D eigenvalue weighted by atomic mass is 10.0. The zero-order valence-corrected chi connectivity index (χ0v) is 10.8. The van der Waals surface area contributed by atoms with Crippen LogP contribution in [0.15, 0.2) is 18.2 Å². The molecule has 1 unspecified atom stereocenters. The Morgan fingerprint density at radius 1 is 1.53 bits per heavy atom. The highest BCUT2D eigenvalue weighted by molar-refractivity contribution is 5.82. The second kappa shape index (κ2) is 5.79. The molecule has 0 radical (unpaired) electrons. The van der Waals surface area contributed by atoms with Crippen molar-refractivity contribution >= 4 is 11.6 Å². The van der Waals surface area contributed by atoms with Gasteiger partial charge < -0.3 is 10.6 Å². The number of carbonyl (C=O) groups is 1. The normalized spacial score (nSPS) is 19.0. The van der Waals surface area contributed by atoms with Crippen LogP contribution in [0.25, 0.3) is 0 Å². The van der Waals surface area contributed by atoms with E-state index in [0.29, 0.717) is 12.1 Å². The predicted molar refractivity (Wildman–Crippen MR) is 70.7 cm³/mol. The van der Waals surface area contributed by atoms with Crippen molar-refractivity contribution in [1.29, 1.82) is 0 Å². The SMILES string of the molecule is Cc1c(CNC2CCCNC2=O)cccc1[N+](=O)[O-]. The molecule has 0 spiro atoms. The fraction of sp³-hybridized carbons (Fsp3) is 0.462. The molecule has 6 heteroatoms. The van der Waals surface area contributed by atoms with Gasteiger partial charge in [-0.05, 0) is 25.3 Å². The first-order valence-electron chi connectivity index (χ1n) is 6.33. The molecule has 1 fully saturated rings. The van der Waals surface area contributed by atoms with Crippen molar-refractivity contribution in [3.8, 4) is 0 Å². The van der Waals surface area contributed by atoms with Crippen LogP contribution in [-0.4, -0.2) is 23.4 Å². The van der Waals surface area contributed by atoms with E-state index in [2.05, 4.69) is 10.6 Å². The van der Waals surface area contributed by atoms with Gasteiger partial charge in [0.25, 0.3) is 5.69 Å². The highest BCUT2D eigenvalue weighted by atomic mass is 16.6. The summed E-state index contributed by atoms with van der Waals surface area (Å²) >= 11 is 0. The Morgan fingerprint density at radius 2 is 2.32 bits per heavy atom. The summed E-state index contributed by atoms with van der Waals surface area (Å²) < 4.78 is 0. The molecule has 0 aliphatic carbocycles. The number of amides is 1. The number of nitro benzene ring substituents is 1. The molecule has 2 N–H and O–H groups in total. The van der Waals surface area contributed by atoms with Crippen molar-refractivity contribution in [3.63, 3.8) is 0 Å². The standard InChI is InChI=1S/C13H17N3O3/c1-9-10(4-2-6-12(9)16(18)19)8-15-11-5-3-7-14-13(11)17/h2,4,6,11,15H,3,5,7-8H2,1H3,(H,14,17). The summed E-state index contributed by atoms with van der Waals surface area (Å²) in [6.45, 7) is 2.93. The van der Waals surface area contributed by atoms with E-state index in [1.165, 1.54) is 6.07 Å². The molecular formula is C13H17N3O3. The van der Waals surface area contributed by atoms with Crippen LogP contribution in [0.3, 0.4) is 0 Å². The third-order valence-corrected chi connectivity index (χ3v) is 3.44. The van der Waals surface area contributed by atoms with E-state index in [4.69, 9.17) is 0 Å². The number of benzene rings is 1. The number of nitrogens with zero attached hydrogens (tertiary/aromatic N) is 1. The Bertz CT molecular complexity index is 502. The van der Waals surface area contributed by atoms with Gasteiger partial charge in [-0.15, -0.1) is 0 Å². The van der Waals surface area contributed by atoms with Gasteiger partial charge in [-0.1, -0.05) is 12.1 Å². The van der Waals surface area contributed by atoms with Crippen LogP contribution in [0.1, 0.15) is 24.0 Å². The van der Waals surface area contributed by atoms with Crippen LogP contribution < -0.4 is 10.6 Å². The summed E-state index contributed by atoms with van der Waals surface area (Å²) in [5.41, 5.74) is 1.62. The van der Waals surface area contributed by atoms with Crippen LogP contribution in [0, 0.1) is 17.0 Å². The van der Waals surface area contributed by atoms with E-state index in [1.807, 2.05) is 6.07 Å². The number of carbonyl (C=O) groups excluding carboxylic acids is 1. The fourth-order valence-corrected chi connectivity index (χ4v) is 2.26. The molecule has 1 amide bonds. The number of nitrogens with one attached hydrogen (secondary N) is 2. The number of rotatable bonds is 4. The predicted octanol–water partition coefficient (Wildman–Crippen LogP) is 1.27. The molecule has 2 rings (SSSR count). The van der Waals surface area contributed by atoms with Gasteiger partial charge in [0.2, 0.25) is 5.91 Å². The van der Waals surface area contributed by atoms with Crippen LogP contribution >= 0.6 is 0 Å². The lowest BCUT2D eigenvalue weighted by molar-refractivity contribution is -0.385. The number of hydrogen-bond acceptors (Lipinski definition) is 4. The summed E-state index contributed by atoms with van der Waals surface area (Å²) in [6.07, 6.45) is 1.76. The molecule has 102 valence electrons. The first kappa shape index (κ1) is 13.5. The summed E-state index contributed by atoms with van der Waals surface area (Å²) in [5, 5.41) is 16.8. The lowest BCUT2D eigenvalue weighted by Gasteiger charge is -2.23. The van der Waals surface area contributed by atoms with Gasteiger partial charge in [-0.25, -0.2) is 0 Å².